The van der Waals surface area contributed by atoms with Crippen LogP contribution in [0, 0.1) is 11.3 Å². The molecule has 1 saturated carbocycles. The predicted molar refractivity (Wildman–Crippen MR) is 108 cm³/mol. The molecule has 0 amide bonds. The minimum absolute atomic E-state index is 0.493. The maximum atomic E-state index is 4.89. The number of hydrogen-bond donors (Lipinski definition) is 2. The van der Waals surface area contributed by atoms with Crippen LogP contribution < -0.4 is 10.6 Å². The standard InChI is InChI=1S/C20H41N5/c1-5-20(9-8-10-20)17-23-19(21-6-2)22-15-18(4)16-25-13-11-24(7-3)12-14-25/h18H,5-17H2,1-4H3,(H2,21,22,23). The molecule has 0 aromatic heterocycles. The zero-order valence-corrected chi connectivity index (χ0v) is 17.1. The van der Waals surface area contributed by atoms with Crippen molar-refractivity contribution in [1.29, 1.82) is 0 Å². The Hall–Kier alpha value is -0.810. The van der Waals surface area contributed by atoms with E-state index in [0.717, 1.165) is 25.6 Å². The van der Waals surface area contributed by atoms with Gasteiger partial charge in [-0.25, -0.2) is 0 Å². The van der Waals surface area contributed by atoms with Crippen LogP contribution in [0.2, 0.25) is 0 Å². The fourth-order valence-electron chi connectivity index (χ4n) is 3.95. The number of nitrogens with one attached hydrogen (secondary N) is 2. The molecule has 25 heavy (non-hydrogen) atoms. The molecule has 1 unspecified atom stereocenters. The van der Waals surface area contributed by atoms with E-state index in [4.69, 9.17) is 4.99 Å². The van der Waals surface area contributed by atoms with Crippen molar-refractivity contribution in [1.82, 2.24) is 20.4 Å². The molecule has 5 heteroatoms. The lowest BCUT2D eigenvalue weighted by Gasteiger charge is -2.40. The normalized spacial score (nSPS) is 23.1. The molecule has 0 aromatic rings. The van der Waals surface area contributed by atoms with Gasteiger partial charge in [0.1, 0.15) is 0 Å². The summed E-state index contributed by atoms with van der Waals surface area (Å²) < 4.78 is 0. The Morgan fingerprint density at radius 3 is 2.24 bits per heavy atom. The van der Waals surface area contributed by atoms with E-state index in [2.05, 4.69) is 48.1 Å². The summed E-state index contributed by atoms with van der Waals surface area (Å²) in [5.74, 6) is 1.64. The van der Waals surface area contributed by atoms with E-state index in [-0.39, 0.29) is 0 Å². The van der Waals surface area contributed by atoms with E-state index in [9.17, 15) is 0 Å². The molecule has 5 nitrogen and oxygen atoms in total. The average molecular weight is 352 g/mol. The maximum Gasteiger partial charge on any atom is 0.191 e. The van der Waals surface area contributed by atoms with E-state index in [1.165, 1.54) is 65.0 Å². The van der Waals surface area contributed by atoms with Crippen molar-refractivity contribution in [3.05, 3.63) is 0 Å². The van der Waals surface area contributed by atoms with Gasteiger partial charge >= 0.3 is 0 Å². The van der Waals surface area contributed by atoms with E-state index in [1.807, 2.05) is 0 Å². The van der Waals surface area contributed by atoms with Gasteiger partial charge in [-0.15, -0.1) is 0 Å². The maximum absolute atomic E-state index is 4.89. The summed E-state index contributed by atoms with van der Waals surface area (Å²) in [5, 5.41) is 7.00. The van der Waals surface area contributed by atoms with Crippen molar-refractivity contribution < 1.29 is 0 Å². The zero-order valence-electron chi connectivity index (χ0n) is 17.1. The Balaban J connectivity index is 1.72. The van der Waals surface area contributed by atoms with Crippen molar-refractivity contribution in [3.8, 4) is 0 Å². The lowest BCUT2D eigenvalue weighted by atomic mass is 9.67. The summed E-state index contributed by atoms with van der Waals surface area (Å²) in [6.07, 6.45) is 5.35. The van der Waals surface area contributed by atoms with Crippen LogP contribution in [0.25, 0.3) is 0 Å². The molecule has 0 spiro atoms. The third-order valence-electron chi connectivity index (χ3n) is 6.18. The minimum atomic E-state index is 0.493. The van der Waals surface area contributed by atoms with Crippen LogP contribution in [0.3, 0.4) is 0 Å². The summed E-state index contributed by atoms with van der Waals surface area (Å²) >= 11 is 0. The van der Waals surface area contributed by atoms with E-state index >= 15 is 0 Å². The van der Waals surface area contributed by atoms with Gasteiger partial charge in [-0.05, 0) is 44.1 Å². The molecule has 1 aliphatic heterocycles. The van der Waals surface area contributed by atoms with E-state index in [1.54, 1.807) is 0 Å². The monoisotopic (exact) mass is 351 g/mol. The SMILES string of the molecule is CCNC(=NCC1(CC)CCC1)NCC(C)CN1CCN(CC)CC1. The van der Waals surface area contributed by atoms with Crippen molar-refractivity contribution in [2.45, 2.75) is 53.4 Å². The van der Waals surface area contributed by atoms with Gasteiger partial charge in [0.2, 0.25) is 0 Å². The lowest BCUT2D eigenvalue weighted by molar-refractivity contribution is 0.124. The molecule has 0 bridgehead atoms. The van der Waals surface area contributed by atoms with Crippen LogP contribution >= 0.6 is 0 Å². The van der Waals surface area contributed by atoms with Gasteiger partial charge < -0.3 is 20.4 Å². The predicted octanol–water partition coefficient (Wildman–Crippen LogP) is 2.40. The van der Waals surface area contributed by atoms with Crippen molar-refractivity contribution in [2.24, 2.45) is 16.3 Å². The van der Waals surface area contributed by atoms with Crippen LogP contribution in [0.15, 0.2) is 4.99 Å². The number of rotatable bonds is 9. The van der Waals surface area contributed by atoms with Gasteiger partial charge in [0, 0.05) is 52.4 Å². The number of guanidine groups is 1. The third kappa shape index (κ3) is 6.45. The minimum Gasteiger partial charge on any atom is -0.357 e. The highest BCUT2D eigenvalue weighted by atomic mass is 15.3. The molecule has 1 atom stereocenters. The Morgan fingerprint density at radius 2 is 1.72 bits per heavy atom. The van der Waals surface area contributed by atoms with Crippen LogP contribution in [-0.4, -0.2) is 74.7 Å². The second-order valence-corrected chi connectivity index (χ2v) is 8.12. The molecule has 2 rings (SSSR count). The van der Waals surface area contributed by atoms with Gasteiger partial charge in [0.15, 0.2) is 5.96 Å². The number of aliphatic imine (C=N–C) groups is 1. The molecule has 1 saturated heterocycles. The smallest absolute Gasteiger partial charge is 0.191 e. The first kappa shape index (κ1) is 20.5. The summed E-state index contributed by atoms with van der Waals surface area (Å²) in [6.45, 7) is 19.2. The summed E-state index contributed by atoms with van der Waals surface area (Å²) in [4.78, 5) is 10.0. The molecule has 146 valence electrons. The molecule has 1 aliphatic carbocycles. The first-order valence-electron chi connectivity index (χ1n) is 10.6. The fraction of sp³-hybridized carbons (Fsp3) is 0.950. The average Bonchev–Trinajstić information content (AvgIpc) is 2.59. The van der Waals surface area contributed by atoms with Crippen LogP contribution in [0.1, 0.15) is 53.4 Å². The number of piperazine rings is 1. The highest BCUT2D eigenvalue weighted by Gasteiger charge is 2.34. The second-order valence-electron chi connectivity index (χ2n) is 8.12. The molecule has 0 radical (unpaired) electrons. The highest BCUT2D eigenvalue weighted by molar-refractivity contribution is 5.79. The van der Waals surface area contributed by atoms with Gasteiger partial charge in [-0.2, -0.15) is 0 Å². The molecule has 0 aromatic carbocycles. The Labute approximate surface area is 155 Å². The van der Waals surface area contributed by atoms with E-state index < -0.39 is 0 Å². The van der Waals surface area contributed by atoms with Gasteiger partial charge in [0.05, 0.1) is 0 Å². The number of hydrogen-bond acceptors (Lipinski definition) is 3. The molecule has 2 N–H and O–H groups in total. The van der Waals surface area contributed by atoms with Crippen LogP contribution in [0.5, 0.6) is 0 Å². The first-order chi connectivity index (χ1) is 12.1. The Kier molecular flexibility index (Phi) is 8.50. The van der Waals surface area contributed by atoms with Gasteiger partial charge in [-0.3, -0.25) is 4.99 Å². The second kappa shape index (κ2) is 10.4. The quantitative estimate of drug-likeness (QED) is 0.494. The Morgan fingerprint density at radius 1 is 1.04 bits per heavy atom. The van der Waals surface area contributed by atoms with Crippen LogP contribution in [0.4, 0.5) is 0 Å². The highest BCUT2D eigenvalue weighted by Crippen LogP contribution is 2.43. The van der Waals surface area contributed by atoms with Gasteiger partial charge in [-0.1, -0.05) is 27.2 Å². The first-order valence-corrected chi connectivity index (χ1v) is 10.6. The van der Waals surface area contributed by atoms with Gasteiger partial charge in [0.25, 0.3) is 0 Å². The van der Waals surface area contributed by atoms with Crippen LogP contribution in [-0.2, 0) is 0 Å². The zero-order chi connectivity index (χ0) is 18.1. The molecular weight excluding hydrogens is 310 g/mol. The summed E-state index contributed by atoms with van der Waals surface area (Å²) in [5.41, 5.74) is 0.493. The summed E-state index contributed by atoms with van der Waals surface area (Å²) in [6, 6.07) is 0. The van der Waals surface area contributed by atoms with Crippen molar-refractivity contribution >= 4 is 5.96 Å². The number of nitrogens with zero attached hydrogens (tertiary/aromatic N) is 3. The fourth-order valence-corrected chi connectivity index (χ4v) is 3.95. The van der Waals surface area contributed by atoms with E-state index in [0.29, 0.717) is 11.3 Å². The topological polar surface area (TPSA) is 42.9 Å². The Bertz CT molecular complexity index is 391. The number of likely N-dealkylation sites (N-methyl/N-ethyl adjacent to an activating group) is 1. The van der Waals surface area contributed by atoms with Crippen molar-refractivity contribution in [2.75, 3.05) is 58.9 Å². The van der Waals surface area contributed by atoms with Crippen molar-refractivity contribution in [3.63, 3.8) is 0 Å². The largest absolute Gasteiger partial charge is 0.357 e. The third-order valence-corrected chi connectivity index (χ3v) is 6.18. The molecule has 2 fully saturated rings. The molecule has 2 aliphatic rings. The molecule has 1 heterocycles. The molecular formula is C20H41N5. The summed E-state index contributed by atoms with van der Waals surface area (Å²) in [7, 11) is 0. The lowest BCUT2D eigenvalue weighted by Crippen LogP contribution is -2.48.